The first kappa shape index (κ1) is 13.5. The summed E-state index contributed by atoms with van der Waals surface area (Å²) >= 11 is 0. The van der Waals surface area contributed by atoms with Crippen molar-refractivity contribution in [1.29, 1.82) is 0 Å². The molecule has 0 aromatic carbocycles. The van der Waals surface area contributed by atoms with Crippen molar-refractivity contribution >= 4 is 5.97 Å². The molecule has 1 fully saturated rings. The lowest BCUT2D eigenvalue weighted by Gasteiger charge is -2.45. The zero-order chi connectivity index (χ0) is 12.6. The summed E-state index contributed by atoms with van der Waals surface area (Å²) in [6.45, 7) is 7.22. The molecule has 0 saturated heterocycles. The molecule has 0 aromatic rings. The average molecular weight is 229 g/mol. The van der Waals surface area contributed by atoms with Crippen LogP contribution in [0.2, 0.25) is 0 Å². The number of aliphatic hydroxyl groups is 1. The van der Waals surface area contributed by atoms with E-state index in [1.54, 1.807) is 20.8 Å². The molecule has 1 saturated carbocycles. The number of esters is 1. The minimum Gasteiger partial charge on any atom is -0.459 e. The molecule has 0 spiro atoms. The van der Waals surface area contributed by atoms with E-state index in [4.69, 9.17) is 10.5 Å². The summed E-state index contributed by atoms with van der Waals surface area (Å²) in [7, 11) is 0. The van der Waals surface area contributed by atoms with Gasteiger partial charge in [-0.15, -0.1) is 0 Å². The summed E-state index contributed by atoms with van der Waals surface area (Å²) in [6, 6.07) is -0.269. The molecule has 1 aliphatic carbocycles. The SMILES string of the molecule is CCC1(O)CCC1OC(=O)C(C)(C)C(C)N. The van der Waals surface area contributed by atoms with Gasteiger partial charge in [0.05, 0.1) is 5.41 Å². The zero-order valence-corrected chi connectivity index (χ0v) is 10.6. The molecular weight excluding hydrogens is 206 g/mol. The predicted molar refractivity (Wildman–Crippen MR) is 61.8 cm³/mol. The first-order valence-electron chi connectivity index (χ1n) is 5.93. The van der Waals surface area contributed by atoms with Crippen LogP contribution in [-0.2, 0) is 9.53 Å². The third-order valence-corrected chi connectivity index (χ3v) is 3.96. The summed E-state index contributed by atoms with van der Waals surface area (Å²) in [5.74, 6) is -0.320. The first-order valence-corrected chi connectivity index (χ1v) is 5.93. The van der Waals surface area contributed by atoms with Gasteiger partial charge in [0, 0.05) is 6.04 Å². The molecule has 94 valence electrons. The number of nitrogens with two attached hydrogens (primary N) is 1. The van der Waals surface area contributed by atoms with Crippen LogP contribution in [0, 0.1) is 5.41 Å². The van der Waals surface area contributed by atoms with Crippen molar-refractivity contribution in [2.75, 3.05) is 0 Å². The highest BCUT2D eigenvalue weighted by Gasteiger charge is 2.48. The Balaban J connectivity index is 2.59. The second kappa shape index (κ2) is 4.34. The molecule has 1 aliphatic rings. The Kier molecular flexibility index (Phi) is 3.65. The lowest BCUT2D eigenvalue weighted by atomic mass is 9.75. The van der Waals surface area contributed by atoms with E-state index in [1.165, 1.54) is 0 Å². The fourth-order valence-corrected chi connectivity index (χ4v) is 1.64. The Hall–Kier alpha value is -0.610. The van der Waals surface area contributed by atoms with E-state index >= 15 is 0 Å². The summed E-state index contributed by atoms with van der Waals surface area (Å²) < 4.78 is 5.35. The van der Waals surface area contributed by atoms with Crippen LogP contribution >= 0.6 is 0 Å². The molecule has 3 unspecified atom stereocenters. The van der Waals surface area contributed by atoms with Crippen LogP contribution in [0.3, 0.4) is 0 Å². The maximum atomic E-state index is 11.9. The van der Waals surface area contributed by atoms with Gasteiger partial charge in [-0.2, -0.15) is 0 Å². The lowest BCUT2D eigenvalue weighted by Crippen LogP contribution is -2.55. The van der Waals surface area contributed by atoms with Crippen molar-refractivity contribution < 1.29 is 14.6 Å². The van der Waals surface area contributed by atoms with Crippen molar-refractivity contribution in [3.8, 4) is 0 Å². The number of hydrogen-bond donors (Lipinski definition) is 2. The molecular formula is C12H23NO3. The minimum absolute atomic E-state index is 0.269. The molecule has 3 atom stereocenters. The predicted octanol–water partition coefficient (Wildman–Crippen LogP) is 1.21. The van der Waals surface area contributed by atoms with Gasteiger partial charge in [-0.3, -0.25) is 4.79 Å². The third-order valence-electron chi connectivity index (χ3n) is 3.96. The maximum absolute atomic E-state index is 11.9. The summed E-state index contributed by atoms with van der Waals surface area (Å²) in [4.78, 5) is 11.9. The fraction of sp³-hybridized carbons (Fsp3) is 0.917. The Labute approximate surface area is 97.2 Å². The Morgan fingerprint density at radius 3 is 2.56 bits per heavy atom. The van der Waals surface area contributed by atoms with Crippen LogP contribution in [0.25, 0.3) is 0 Å². The molecule has 1 rings (SSSR count). The van der Waals surface area contributed by atoms with Gasteiger partial charge in [0.1, 0.15) is 11.7 Å². The summed E-state index contributed by atoms with van der Waals surface area (Å²) in [5.41, 5.74) is 4.22. The molecule has 0 aliphatic heterocycles. The fourth-order valence-electron chi connectivity index (χ4n) is 1.64. The highest BCUT2D eigenvalue weighted by atomic mass is 16.6. The number of carbonyl (C=O) groups is 1. The molecule has 0 heterocycles. The molecule has 4 nitrogen and oxygen atoms in total. The van der Waals surface area contributed by atoms with Crippen LogP contribution in [0.4, 0.5) is 0 Å². The largest absolute Gasteiger partial charge is 0.459 e. The van der Waals surface area contributed by atoms with Crippen LogP contribution in [-0.4, -0.2) is 28.8 Å². The zero-order valence-electron chi connectivity index (χ0n) is 10.6. The van der Waals surface area contributed by atoms with Gasteiger partial charge >= 0.3 is 5.97 Å². The van der Waals surface area contributed by atoms with Gasteiger partial charge in [0.2, 0.25) is 0 Å². The molecule has 0 aromatic heterocycles. The van der Waals surface area contributed by atoms with Crippen molar-refractivity contribution in [2.45, 2.75) is 64.7 Å². The van der Waals surface area contributed by atoms with Gasteiger partial charge in [0.15, 0.2) is 0 Å². The maximum Gasteiger partial charge on any atom is 0.313 e. The number of carbonyl (C=O) groups excluding carboxylic acids is 1. The van der Waals surface area contributed by atoms with E-state index < -0.39 is 11.0 Å². The van der Waals surface area contributed by atoms with Gasteiger partial charge in [0.25, 0.3) is 0 Å². The second-order valence-corrected chi connectivity index (χ2v) is 5.40. The van der Waals surface area contributed by atoms with Crippen LogP contribution in [0.15, 0.2) is 0 Å². The van der Waals surface area contributed by atoms with Gasteiger partial charge < -0.3 is 15.6 Å². The Morgan fingerprint density at radius 2 is 2.25 bits per heavy atom. The molecule has 0 bridgehead atoms. The molecule has 0 radical (unpaired) electrons. The molecule has 4 heteroatoms. The quantitative estimate of drug-likeness (QED) is 0.711. The van der Waals surface area contributed by atoms with Crippen molar-refractivity contribution in [2.24, 2.45) is 11.1 Å². The number of hydrogen-bond acceptors (Lipinski definition) is 4. The van der Waals surface area contributed by atoms with Gasteiger partial charge in [-0.25, -0.2) is 0 Å². The van der Waals surface area contributed by atoms with Gasteiger partial charge in [-0.05, 0) is 40.0 Å². The monoisotopic (exact) mass is 229 g/mol. The second-order valence-electron chi connectivity index (χ2n) is 5.40. The van der Waals surface area contributed by atoms with Crippen molar-refractivity contribution in [3.63, 3.8) is 0 Å². The van der Waals surface area contributed by atoms with Crippen LogP contribution in [0.1, 0.15) is 47.0 Å². The standard InChI is InChI=1S/C12H23NO3/c1-5-12(15)7-6-9(12)16-10(14)11(3,4)8(2)13/h8-9,15H,5-7,13H2,1-4H3. The highest BCUT2D eigenvalue weighted by molar-refractivity contribution is 5.77. The summed E-state index contributed by atoms with van der Waals surface area (Å²) in [5, 5.41) is 10.0. The Morgan fingerprint density at radius 1 is 1.69 bits per heavy atom. The van der Waals surface area contributed by atoms with E-state index in [0.29, 0.717) is 12.8 Å². The topological polar surface area (TPSA) is 72.5 Å². The number of rotatable bonds is 4. The minimum atomic E-state index is -0.816. The van der Waals surface area contributed by atoms with E-state index in [1.807, 2.05) is 6.92 Å². The number of ether oxygens (including phenoxy) is 1. The van der Waals surface area contributed by atoms with E-state index in [9.17, 15) is 9.90 Å². The molecule has 0 amide bonds. The normalized spacial score (nSPS) is 31.8. The van der Waals surface area contributed by atoms with Crippen molar-refractivity contribution in [1.82, 2.24) is 0 Å². The van der Waals surface area contributed by atoms with Crippen LogP contribution in [0.5, 0.6) is 0 Å². The lowest BCUT2D eigenvalue weighted by molar-refractivity contribution is -0.199. The molecule has 3 N–H and O–H groups in total. The average Bonchev–Trinajstić information content (AvgIpc) is 2.22. The molecule has 16 heavy (non-hydrogen) atoms. The first-order chi connectivity index (χ1) is 7.24. The smallest absolute Gasteiger partial charge is 0.313 e. The van der Waals surface area contributed by atoms with Gasteiger partial charge in [-0.1, -0.05) is 6.92 Å². The third kappa shape index (κ3) is 2.23. The highest BCUT2D eigenvalue weighted by Crippen LogP contribution is 2.38. The van der Waals surface area contributed by atoms with E-state index in [-0.39, 0.29) is 18.1 Å². The van der Waals surface area contributed by atoms with Crippen LogP contribution < -0.4 is 5.73 Å². The summed E-state index contributed by atoms with van der Waals surface area (Å²) in [6.07, 6.45) is 1.71. The van der Waals surface area contributed by atoms with Crippen molar-refractivity contribution in [3.05, 3.63) is 0 Å². The van der Waals surface area contributed by atoms with E-state index in [2.05, 4.69) is 0 Å². The Bertz CT molecular complexity index is 271. The van der Waals surface area contributed by atoms with E-state index in [0.717, 1.165) is 6.42 Å².